The highest BCUT2D eigenvalue weighted by Gasteiger charge is 2.06. The van der Waals surface area contributed by atoms with Gasteiger partial charge in [-0.05, 0) is 37.5 Å². The van der Waals surface area contributed by atoms with Crippen LogP contribution in [0, 0.1) is 10.6 Å². The van der Waals surface area contributed by atoms with Crippen LogP contribution >= 0.6 is 12.2 Å². The van der Waals surface area contributed by atoms with Crippen LogP contribution in [0.25, 0.3) is 11.0 Å². The molecule has 0 aliphatic carbocycles. The van der Waals surface area contributed by atoms with E-state index in [1.54, 1.807) is 13.2 Å². The molecule has 2 aromatic rings. The van der Waals surface area contributed by atoms with E-state index in [0.717, 1.165) is 30.7 Å². The lowest BCUT2D eigenvalue weighted by molar-refractivity contribution is 0.159. The first-order chi connectivity index (χ1) is 9.11. The van der Waals surface area contributed by atoms with Crippen molar-refractivity contribution in [2.24, 2.45) is 0 Å². The van der Waals surface area contributed by atoms with E-state index in [2.05, 4.69) is 9.88 Å². The quantitative estimate of drug-likeness (QED) is 0.827. The van der Waals surface area contributed by atoms with Crippen LogP contribution in [0.4, 0.5) is 4.39 Å². The lowest BCUT2D eigenvalue weighted by atomic mass is 10.3. The van der Waals surface area contributed by atoms with E-state index < -0.39 is 0 Å². The predicted octanol–water partition coefficient (Wildman–Crippen LogP) is 2.42. The number of likely N-dealkylation sites (N-methyl/N-ethyl adjacent to an activating group) is 1. The van der Waals surface area contributed by atoms with Gasteiger partial charge in [-0.2, -0.15) is 0 Å². The standard InChI is InChI=1S/C13H18FN3OS/c1-16(7-8-18-2)5-6-17-12-9-10(14)3-4-11(12)15-13(17)19/h3-4,9H,5-8H2,1-2H3,(H,15,19). The summed E-state index contributed by atoms with van der Waals surface area (Å²) in [4.78, 5) is 5.25. The van der Waals surface area contributed by atoms with Gasteiger partial charge in [0.25, 0.3) is 0 Å². The fraction of sp³-hybridized carbons (Fsp3) is 0.462. The molecule has 4 nitrogen and oxygen atoms in total. The van der Waals surface area contributed by atoms with Crippen molar-refractivity contribution in [3.8, 4) is 0 Å². The zero-order valence-electron chi connectivity index (χ0n) is 11.1. The minimum Gasteiger partial charge on any atom is -0.383 e. The average molecular weight is 283 g/mol. The van der Waals surface area contributed by atoms with Gasteiger partial charge in [0.05, 0.1) is 17.6 Å². The van der Waals surface area contributed by atoms with Crippen molar-refractivity contribution < 1.29 is 9.13 Å². The third-order valence-electron chi connectivity index (χ3n) is 3.12. The van der Waals surface area contributed by atoms with Crippen LogP contribution in [-0.4, -0.2) is 48.3 Å². The van der Waals surface area contributed by atoms with E-state index in [1.165, 1.54) is 12.1 Å². The van der Waals surface area contributed by atoms with Gasteiger partial charge in [-0.15, -0.1) is 0 Å². The average Bonchev–Trinajstić information content (AvgIpc) is 2.69. The molecule has 0 atom stereocenters. The second-order valence-corrected chi connectivity index (χ2v) is 4.93. The van der Waals surface area contributed by atoms with Gasteiger partial charge in [0.1, 0.15) is 5.82 Å². The smallest absolute Gasteiger partial charge is 0.178 e. The molecule has 0 aliphatic heterocycles. The first-order valence-corrected chi connectivity index (χ1v) is 6.58. The minimum atomic E-state index is -0.247. The van der Waals surface area contributed by atoms with Gasteiger partial charge in [-0.25, -0.2) is 4.39 Å². The van der Waals surface area contributed by atoms with Gasteiger partial charge in [-0.3, -0.25) is 0 Å². The number of ether oxygens (including phenoxy) is 1. The molecule has 104 valence electrons. The zero-order chi connectivity index (χ0) is 13.8. The fourth-order valence-electron chi connectivity index (χ4n) is 1.98. The Morgan fingerprint density at radius 3 is 2.95 bits per heavy atom. The van der Waals surface area contributed by atoms with Crippen molar-refractivity contribution in [3.63, 3.8) is 0 Å². The largest absolute Gasteiger partial charge is 0.383 e. The third kappa shape index (κ3) is 3.40. The Balaban J connectivity index is 2.14. The van der Waals surface area contributed by atoms with Crippen LogP contribution in [0.5, 0.6) is 0 Å². The summed E-state index contributed by atoms with van der Waals surface area (Å²) in [5.74, 6) is -0.247. The van der Waals surface area contributed by atoms with Crippen molar-refractivity contribution in [1.29, 1.82) is 0 Å². The molecule has 0 radical (unpaired) electrons. The molecule has 6 heteroatoms. The van der Waals surface area contributed by atoms with Crippen molar-refractivity contribution in [3.05, 3.63) is 28.8 Å². The van der Waals surface area contributed by atoms with Gasteiger partial charge >= 0.3 is 0 Å². The van der Waals surface area contributed by atoms with E-state index in [1.807, 2.05) is 11.6 Å². The Morgan fingerprint density at radius 2 is 2.21 bits per heavy atom. The molecule has 0 saturated carbocycles. The minimum absolute atomic E-state index is 0.247. The van der Waals surface area contributed by atoms with Crippen molar-refractivity contribution in [2.75, 3.05) is 33.9 Å². The van der Waals surface area contributed by atoms with Gasteiger partial charge in [0.2, 0.25) is 0 Å². The molecule has 19 heavy (non-hydrogen) atoms. The topological polar surface area (TPSA) is 33.2 Å². The predicted molar refractivity (Wildman–Crippen MR) is 76.5 cm³/mol. The molecule has 0 spiro atoms. The summed E-state index contributed by atoms with van der Waals surface area (Å²) >= 11 is 5.28. The number of aromatic nitrogens is 2. The number of rotatable bonds is 6. The van der Waals surface area contributed by atoms with Gasteiger partial charge in [-0.1, -0.05) is 0 Å². The van der Waals surface area contributed by atoms with E-state index in [4.69, 9.17) is 17.0 Å². The number of aromatic amines is 1. The number of nitrogens with one attached hydrogen (secondary N) is 1. The van der Waals surface area contributed by atoms with Crippen LogP contribution in [-0.2, 0) is 11.3 Å². The molecule has 0 aliphatic rings. The summed E-state index contributed by atoms with van der Waals surface area (Å²) in [6.07, 6.45) is 0. The Labute approximate surface area is 116 Å². The molecule has 1 heterocycles. The maximum absolute atomic E-state index is 13.3. The van der Waals surface area contributed by atoms with E-state index >= 15 is 0 Å². The lowest BCUT2D eigenvalue weighted by Crippen LogP contribution is -2.26. The molecular formula is C13H18FN3OS. The van der Waals surface area contributed by atoms with E-state index in [0.29, 0.717) is 11.4 Å². The highest BCUT2D eigenvalue weighted by Crippen LogP contribution is 2.15. The molecule has 1 N–H and O–H groups in total. The van der Waals surface area contributed by atoms with Crippen LogP contribution < -0.4 is 0 Å². The van der Waals surface area contributed by atoms with Gasteiger partial charge in [0.15, 0.2) is 4.77 Å². The lowest BCUT2D eigenvalue weighted by Gasteiger charge is -2.16. The summed E-state index contributed by atoms with van der Waals surface area (Å²) in [6, 6.07) is 4.66. The number of benzene rings is 1. The zero-order valence-corrected chi connectivity index (χ0v) is 12.0. The van der Waals surface area contributed by atoms with Crippen molar-refractivity contribution in [2.45, 2.75) is 6.54 Å². The molecule has 1 aromatic heterocycles. The van der Waals surface area contributed by atoms with Crippen molar-refractivity contribution in [1.82, 2.24) is 14.5 Å². The number of H-pyrrole nitrogens is 1. The maximum Gasteiger partial charge on any atom is 0.178 e. The maximum atomic E-state index is 13.3. The van der Waals surface area contributed by atoms with Crippen LogP contribution in [0.3, 0.4) is 0 Å². The normalized spacial score (nSPS) is 11.6. The molecule has 1 aromatic carbocycles. The molecule has 2 rings (SSSR count). The van der Waals surface area contributed by atoms with E-state index in [-0.39, 0.29) is 5.82 Å². The monoisotopic (exact) mass is 283 g/mol. The number of hydrogen-bond acceptors (Lipinski definition) is 3. The van der Waals surface area contributed by atoms with Crippen molar-refractivity contribution >= 4 is 23.3 Å². The molecule has 0 fully saturated rings. The number of nitrogens with zero attached hydrogens (tertiary/aromatic N) is 2. The van der Waals surface area contributed by atoms with Crippen LogP contribution in [0.2, 0.25) is 0 Å². The van der Waals surface area contributed by atoms with Crippen LogP contribution in [0.15, 0.2) is 18.2 Å². The summed E-state index contributed by atoms with van der Waals surface area (Å²) in [7, 11) is 3.71. The molecule has 0 unspecified atom stereocenters. The number of methoxy groups -OCH3 is 1. The summed E-state index contributed by atoms with van der Waals surface area (Å²) in [6.45, 7) is 3.12. The Hall–Kier alpha value is -1.24. The van der Waals surface area contributed by atoms with Gasteiger partial charge in [0, 0.05) is 26.7 Å². The van der Waals surface area contributed by atoms with Crippen LogP contribution in [0.1, 0.15) is 0 Å². The summed E-state index contributed by atoms with van der Waals surface area (Å²) in [5.41, 5.74) is 1.68. The Kier molecular flexibility index (Phi) is 4.68. The second kappa shape index (κ2) is 6.27. The fourth-order valence-corrected chi connectivity index (χ4v) is 2.28. The molecule has 0 saturated heterocycles. The number of hydrogen-bond donors (Lipinski definition) is 1. The van der Waals surface area contributed by atoms with E-state index in [9.17, 15) is 4.39 Å². The number of fused-ring (bicyclic) bond motifs is 1. The van der Waals surface area contributed by atoms with Gasteiger partial charge < -0.3 is 19.2 Å². The highest BCUT2D eigenvalue weighted by atomic mass is 32.1. The number of halogens is 1. The second-order valence-electron chi connectivity index (χ2n) is 4.54. The summed E-state index contributed by atoms with van der Waals surface area (Å²) < 4.78 is 20.9. The third-order valence-corrected chi connectivity index (χ3v) is 3.44. The number of imidazole rings is 1. The summed E-state index contributed by atoms with van der Waals surface area (Å²) in [5, 5.41) is 0. The first kappa shape index (κ1) is 14.2. The molecule has 0 bridgehead atoms. The SMILES string of the molecule is COCCN(C)CCn1c(=S)[nH]c2ccc(F)cc21. The molecular weight excluding hydrogens is 265 g/mol. The first-order valence-electron chi connectivity index (χ1n) is 6.17. The highest BCUT2D eigenvalue weighted by molar-refractivity contribution is 7.71. The molecule has 0 amide bonds. The Morgan fingerprint density at radius 1 is 1.42 bits per heavy atom. The Bertz CT molecular complexity index is 607.